The van der Waals surface area contributed by atoms with E-state index in [0.717, 1.165) is 0 Å². The SMILES string of the molecule is O[B]O.c1ccc(C2(c3ccccc3)c3ccccc3-c3ccccc32)cc1. The lowest BCUT2D eigenvalue weighted by Gasteiger charge is -2.33. The molecule has 2 nitrogen and oxygen atoms in total. The lowest BCUT2D eigenvalue weighted by Crippen LogP contribution is -2.28. The normalized spacial score (nSPS) is 12.9. The molecule has 1 radical (unpaired) electrons. The van der Waals surface area contributed by atoms with Crippen LogP contribution in [-0.4, -0.2) is 17.7 Å². The van der Waals surface area contributed by atoms with E-state index in [2.05, 4.69) is 109 Å². The van der Waals surface area contributed by atoms with Crippen LogP contribution in [0.2, 0.25) is 0 Å². The largest absolute Gasteiger partial charge is 0.482 e. The standard InChI is InChI=1S/C25H18.BH2O2/c1-3-11-19(12-4-1)25(20-13-5-2-6-14-20)23-17-9-7-15-21(23)22-16-8-10-18-24(22)25;2-1-3/h1-18H;2-3H. The predicted octanol–water partition coefficient (Wildman–Crippen LogP) is 4.55. The zero-order chi connectivity index (χ0) is 19.4. The number of benzene rings is 4. The minimum Gasteiger partial charge on any atom is -0.429 e. The van der Waals surface area contributed by atoms with Crippen molar-refractivity contribution in [2.45, 2.75) is 5.41 Å². The van der Waals surface area contributed by atoms with Gasteiger partial charge in [0.1, 0.15) is 0 Å². The Labute approximate surface area is 166 Å². The van der Waals surface area contributed by atoms with Crippen molar-refractivity contribution >= 4 is 7.69 Å². The summed E-state index contributed by atoms with van der Waals surface area (Å²) in [4.78, 5) is 0. The molecule has 0 amide bonds. The summed E-state index contributed by atoms with van der Waals surface area (Å²) in [5, 5.41) is 14.0. The third kappa shape index (κ3) is 2.77. The molecular formula is C25H20BO2. The summed E-state index contributed by atoms with van der Waals surface area (Å²) < 4.78 is 0. The monoisotopic (exact) mass is 363 g/mol. The highest BCUT2D eigenvalue weighted by Crippen LogP contribution is 2.55. The van der Waals surface area contributed by atoms with Crippen molar-refractivity contribution in [2.24, 2.45) is 0 Å². The smallest absolute Gasteiger partial charge is 0.429 e. The van der Waals surface area contributed by atoms with Gasteiger partial charge in [-0.3, -0.25) is 0 Å². The van der Waals surface area contributed by atoms with Crippen LogP contribution >= 0.6 is 0 Å². The van der Waals surface area contributed by atoms with Crippen molar-refractivity contribution in [3.8, 4) is 11.1 Å². The van der Waals surface area contributed by atoms with Crippen LogP contribution in [0, 0.1) is 0 Å². The molecular weight excluding hydrogens is 343 g/mol. The van der Waals surface area contributed by atoms with E-state index in [1.807, 2.05) is 0 Å². The quantitative estimate of drug-likeness (QED) is 0.452. The second kappa shape index (κ2) is 7.85. The van der Waals surface area contributed by atoms with Crippen molar-refractivity contribution < 1.29 is 10.0 Å². The predicted molar refractivity (Wildman–Crippen MR) is 114 cm³/mol. The minimum absolute atomic E-state index is 0. The summed E-state index contributed by atoms with van der Waals surface area (Å²) in [6, 6.07) is 39.5. The van der Waals surface area contributed by atoms with Crippen LogP contribution in [0.3, 0.4) is 0 Å². The van der Waals surface area contributed by atoms with Crippen molar-refractivity contribution in [1.82, 2.24) is 0 Å². The van der Waals surface area contributed by atoms with Crippen molar-refractivity contribution in [3.63, 3.8) is 0 Å². The number of fused-ring (bicyclic) bond motifs is 3. The summed E-state index contributed by atoms with van der Waals surface area (Å²) in [5.74, 6) is 0. The van der Waals surface area contributed by atoms with Gasteiger partial charge in [0.15, 0.2) is 0 Å². The first-order valence-corrected chi connectivity index (χ1v) is 9.24. The highest BCUT2D eigenvalue weighted by molar-refractivity contribution is 6.13. The minimum atomic E-state index is -0.254. The Morgan fingerprint density at radius 3 is 1.18 bits per heavy atom. The van der Waals surface area contributed by atoms with Crippen molar-refractivity contribution in [2.75, 3.05) is 0 Å². The van der Waals surface area contributed by atoms with E-state index >= 15 is 0 Å². The van der Waals surface area contributed by atoms with Crippen LogP contribution in [-0.2, 0) is 5.41 Å². The maximum Gasteiger partial charge on any atom is 0.482 e. The van der Waals surface area contributed by atoms with Crippen LogP contribution in [0.4, 0.5) is 0 Å². The number of hydrogen-bond donors (Lipinski definition) is 2. The van der Waals surface area contributed by atoms with Gasteiger partial charge in [0.2, 0.25) is 0 Å². The molecule has 4 aromatic carbocycles. The molecule has 28 heavy (non-hydrogen) atoms. The fraction of sp³-hybridized carbons (Fsp3) is 0.0400. The van der Waals surface area contributed by atoms with Gasteiger partial charge in [0, 0.05) is 0 Å². The van der Waals surface area contributed by atoms with Crippen molar-refractivity contribution in [1.29, 1.82) is 0 Å². The Hall–Kier alpha value is -3.14. The Bertz CT molecular complexity index is 975. The second-order valence-electron chi connectivity index (χ2n) is 6.69. The van der Waals surface area contributed by atoms with Gasteiger partial charge < -0.3 is 10.0 Å². The lowest BCUT2D eigenvalue weighted by molar-refractivity contribution is 0.448. The first-order valence-electron chi connectivity index (χ1n) is 9.24. The Balaban J connectivity index is 0.000000604. The third-order valence-electron chi connectivity index (χ3n) is 5.37. The van der Waals surface area contributed by atoms with Crippen LogP contribution < -0.4 is 0 Å². The Morgan fingerprint density at radius 2 is 0.786 bits per heavy atom. The van der Waals surface area contributed by atoms with Crippen molar-refractivity contribution in [3.05, 3.63) is 131 Å². The molecule has 1 aliphatic rings. The topological polar surface area (TPSA) is 40.5 Å². The maximum absolute atomic E-state index is 7.00. The summed E-state index contributed by atoms with van der Waals surface area (Å²) in [7, 11) is 0. The van der Waals surface area contributed by atoms with Crippen LogP contribution in [0.15, 0.2) is 109 Å². The van der Waals surface area contributed by atoms with Gasteiger partial charge in [-0.1, -0.05) is 109 Å². The summed E-state index contributed by atoms with van der Waals surface area (Å²) in [5.41, 5.74) is 7.80. The molecule has 0 atom stereocenters. The molecule has 0 bridgehead atoms. The number of rotatable bonds is 2. The molecule has 4 aromatic rings. The van der Waals surface area contributed by atoms with Gasteiger partial charge in [-0.05, 0) is 33.4 Å². The molecule has 0 aliphatic heterocycles. The fourth-order valence-electron chi connectivity index (χ4n) is 4.40. The van der Waals surface area contributed by atoms with Crippen LogP contribution in [0.5, 0.6) is 0 Å². The fourth-order valence-corrected chi connectivity index (χ4v) is 4.40. The Kier molecular flexibility index (Phi) is 5.11. The zero-order valence-corrected chi connectivity index (χ0v) is 15.4. The van der Waals surface area contributed by atoms with Crippen LogP contribution in [0.1, 0.15) is 22.3 Å². The summed E-state index contributed by atoms with van der Waals surface area (Å²) in [6.07, 6.45) is 0. The molecule has 0 heterocycles. The highest BCUT2D eigenvalue weighted by Gasteiger charge is 2.45. The Morgan fingerprint density at radius 1 is 0.464 bits per heavy atom. The van der Waals surface area contributed by atoms with E-state index in [9.17, 15) is 0 Å². The third-order valence-corrected chi connectivity index (χ3v) is 5.37. The highest BCUT2D eigenvalue weighted by atomic mass is 16.4. The molecule has 3 heteroatoms. The van der Waals surface area contributed by atoms with E-state index in [1.54, 1.807) is 0 Å². The molecule has 0 aromatic heterocycles. The second-order valence-corrected chi connectivity index (χ2v) is 6.69. The molecule has 0 saturated heterocycles. The molecule has 2 N–H and O–H groups in total. The maximum atomic E-state index is 7.00. The lowest BCUT2D eigenvalue weighted by atomic mass is 9.68. The summed E-state index contributed by atoms with van der Waals surface area (Å²) >= 11 is 0. The molecule has 0 unspecified atom stereocenters. The van der Waals surface area contributed by atoms with Gasteiger partial charge in [0.25, 0.3) is 0 Å². The van der Waals surface area contributed by atoms with E-state index < -0.39 is 0 Å². The zero-order valence-electron chi connectivity index (χ0n) is 15.4. The number of hydrogen-bond acceptors (Lipinski definition) is 2. The van der Waals surface area contributed by atoms with E-state index in [0.29, 0.717) is 0 Å². The average Bonchev–Trinajstić information content (AvgIpc) is 3.07. The molecule has 5 rings (SSSR count). The van der Waals surface area contributed by atoms with E-state index in [1.165, 1.54) is 33.4 Å². The van der Waals surface area contributed by atoms with Gasteiger partial charge in [-0.2, -0.15) is 0 Å². The van der Waals surface area contributed by atoms with Crippen LogP contribution in [0.25, 0.3) is 11.1 Å². The van der Waals surface area contributed by atoms with Gasteiger partial charge in [0.05, 0.1) is 5.41 Å². The average molecular weight is 363 g/mol. The summed E-state index contributed by atoms with van der Waals surface area (Å²) in [6.45, 7) is 0. The van der Waals surface area contributed by atoms with Gasteiger partial charge >= 0.3 is 7.69 Å². The molecule has 1 aliphatic carbocycles. The van der Waals surface area contributed by atoms with Gasteiger partial charge in [-0.15, -0.1) is 0 Å². The first-order chi connectivity index (χ1) is 13.8. The molecule has 0 spiro atoms. The van der Waals surface area contributed by atoms with Gasteiger partial charge in [-0.25, -0.2) is 0 Å². The van der Waals surface area contributed by atoms with E-state index in [4.69, 9.17) is 10.0 Å². The van der Waals surface area contributed by atoms with E-state index in [-0.39, 0.29) is 13.1 Å². The first kappa shape index (κ1) is 18.2. The molecule has 135 valence electrons. The molecule has 0 saturated carbocycles. The molecule has 0 fully saturated rings.